The molecule has 1 amide bonds. The number of nitrogens with zero attached hydrogens (tertiary/aromatic N) is 1. The van der Waals surface area contributed by atoms with Gasteiger partial charge in [0, 0.05) is 32.1 Å². The maximum absolute atomic E-state index is 12.0. The van der Waals surface area contributed by atoms with Crippen molar-refractivity contribution in [3.05, 3.63) is 0 Å². The zero-order chi connectivity index (χ0) is 16.7. The summed E-state index contributed by atoms with van der Waals surface area (Å²) in [7, 11) is -1.25. The molecule has 1 aliphatic heterocycles. The number of carbonyl (C=O) groups excluding carboxylic acids is 1. The van der Waals surface area contributed by atoms with E-state index in [1.54, 1.807) is 7.05 Å². The van der Waals surface area contributed by atoms with Crippen molar-refractivity contribution >= 4 is 45.7 Å². The Morgan fingerprint density at radius 3 is 2.33 bits per heavy atom. The second-order valence-electron chi connectivity index (χ2n) is 6.37. The molecule has 0 aromatic rings. The third-order valence-corrected chi connectivity index (χ3v) is 6.26. The van der Waals surface area contributed by atoms with Crippen molar-refractivity contribution < 1.29 is 13.2 Å². The second kappa shape index (κ2) is 10.4. The van der Waals surface area contributed by atoms with Gasteiger partial charge in [0.1, 0.15) is 0 Å². The van der Waals surface area contributed by atoms with E-state index < -0.39 is 9.84 Å². The molecule has 0 spiro atoms. The van der Waals surface area contributed by atoms with Crippen LogP contribution in [0.5, 0.6) is 0 Å². The number of aliphatic imine (C=N–C) groups is 1. The number of rotatable bonds is 5. The van der Waals surface area contributed by atoms with Gasteiger partial charge in [0.05, 0.1) is 11.5 Å². The molecule has 0 bridgehead atoms. The van der Waals surface area contributed by atoms with Crippen molar-refractivity contribution in [2.75, 3.05) is 31.6 Å². The molecule has 140 valence electrons. The van der Waals surface area contributed by atoms with E-state index in [1.807, 2.05) is 0 Å². The van der Waals surface area contributed by atoms with E-state index in [9.17, 15) is 13.2 Å². The van der Waals surface area contributed by atoms with Crippen molar-refractivity contribution in [3.63, 3.8) is 0 Å². The van der Waals surface area contributed by atoms with Gasteiger partial charge in [-0.25, -0.2) is 8.42 Å². The molecule has 1 saturated heterocycles. The molecule has 0 aromatic heterocycles. The van der Waals surface area contributed by atoms with Gasteiger partial charge in [-0.1, -0.05) is 19.3 Å². The summed E-state index contributed by atoms with van der Waals surface area (Å²) in [6, 6.07) is -0.0805. The molecule has 2 rings (SSSR count). The molecule has 1 unspecified atom stereocenters. The fourth-order valence-corrected chi connectivity index (χ4v) is 4.85. The molecular weight excluding hydrogens is 443 g/mol. The number of nitrogens with one attached hydrogen (secondary N) is 3. The zero-order valence-electron chi connectivity index (χ0n) is 14.2. The standard InChI is InChI=1S/C15H28N4O3S.HI/c1-16-15(19-13-7-10-23(21,22)11-13)18-9-8-17-14(20)12-5-3-2-4-6-12;/h12-13H,2-11H2,1H3,(H,17,20)(H2,16,18,19);1H. The molecule has 1 aliphatic carbocycles. The first-order chi connectivity index (χ1) is 11.0. The maximum Gasteiger partial charge on any atom is 0.223 e. The Hall–Kier alpha value is -0.580. The molecule has 9 heteroatoms. The molecule has 0 aromatic carbocycles. The van der Waals surface area contributed by atoms with E-state index in [0.29, 0.717) is 25.5 Å². The summed E-state index contributed by atoms with van der Waals surface area (Å²) in [5.74, 6) is 1.30. The molecular formula is C15H29IN4O3S. The minimum atomic E-state index is -2.90. The topological polar surface area (TPSA) is 99.7 Å². The van der Waals surface area contributed by atoms with Crippen LogP contribution in [0.25, 0.3) is 0 Å². The third kappa shape index (κ3) is 7.12. The number of hydrogen-bond donors (Lipinski definition) is 3. The first-order valence-electron chi connectivity index (χ1n) is 8.45. The number of sulfone groups is 1. The van der Waals surface area contributed by atoms with Gasteiger partial charge in [-0.15, -0.1) is 24.0 Å². The highest BCUT2D eigenvalue weighted by Crippen LogP contribution is 2.23. The van der Waals surface area contributed by atoms with Gasteiger partial charge in [0.2, 0.25) is 5.91 Å². The van der Waals surface area contributed by atoms with E-state index in [-0.39, 0.29) is 53.3 Å². The maximum atomic E-state index is 12.0. The average molecular weight is 472 g/mol. The average Bonchev–Trinajstić information content (AvgIpc) is 2.89. The monoisotopic (exact) mass is 472 g/mol. The van der Waals surface area contributed by atoms with Gasteiger partial charge in [-0.3, -0.25) is 9.79 Å². The molecule has 1 heterocycles. The Morgan fingerprint density at radius 1 is 1.08 bits per heavy atom. The molecule has 3 N–H and O–H groups in total. The molecule has 7 nitrogen and oxygen atoms in total. The number of guanidine groups is 1. The molecule has 24 heavy (non-hydrogen) atoms. The molecule has 1 atom stereocenters. The van der Waals surface area contributed by atoms with E-state index in [1.165, 1.54) is 6.42 Å². The smallest absolute Gasteiger partial charge is 0.223 e. The van der Waals surface area contributed by atoms with Gasteiger partial charge >= 0.3 is 0 Å². The van der Waals surface area contributed by atoms with Crippen molar-refractivity contribution in [1.29, 1.82) is 0 Å². The number of amides is 1. The quantitative estimate of drug-likeness (QED) is 0.236. The van der Waals surface area contributed by atoms with E-state index in [4.69, 9.17) is 0 Å². The van der Waals surface area contributed by atoms with Crippen LogP contribution in [0.2, 0.25) is 0 Å². The van der Waals surface area contributed by atoms with Crippen LogP contribution in [0.15, 0.2) is 4.99 Å². The van der Waals surface area contributed by atoms with E-state index >= 15 is 0 Å². The second-order valence-corrected chi connectivity index (χ2v) is 8.60. The predicted molar refractivity (Wildman–Crippen MR) is 107 cm³/mol. The van der Waals surface area contributed by atoms with Gasteiger partial charge in [0.25, 0.3) is 0 Å². The highest BCUT2D eigenvalue weighted by Gasteiger charge is 2.28. The van der Waals surface area contributed by atoms with Crippen LogP contribution in [-0.4, -0.2) is 58.0 Å². The van der Waals surface area contributed by atoms with Crippen LogP contribution < -0.4 is 16.0 Å². The largest absolute Gasteiger partial charge is 0.355 e. The fourth-order valence-electron chi connectivity index (χ4n) is 3.17. The lowest BCUT2D eigenvalue weighted by molar-refractivity contribution is -0.125. The minimum absolute atomic E-state index is 0. The van der Waals surface area contributed by atoms with Crippen LogP contribution in [0.1, 0.15) is 38.5 Å². The van der Waals surface area contributed by atoms with Crippen molar-refractivity contribution in [2.24, 2.45) is 10.9 Å². The van der Waals surface area contributed by atoms with Gasteiger partial charge in [-0.2, -0.15) is 0 Å². The fraction of sp³-hybridized carbons (Fsp3) is 0.867. The van der Waals surface area contributed by atoms with E-state index in [0.717, 1.165) is 25.7 Å². The Balaban J connectivity index is 0.00000288. The number of carbonyl (C=O) groups is 1. The van der Waals surface area contributed by atoms with Gasteiger partial charge in [-0.05, 0) is 19.3 Å². The molecule has 1 saturated carbocycles. The molecule has 0 radical (unpaired) electrons. The lowest BCUT2D eigenvalue weighted by Crippen LogP contribution is -2.46. The summed E-state index contributed by atoms with van der Waals surface area (Å²) in [5.41, 5.74) is 0. The Bertz CT molecular complexity index is 533. The minimum Gasteiger partial charge on any atom is -0.355 e. The van der Waals surface area contributed by atoms with Crippen LogP contribution in [-0.2, 0) is 14.6 Å². The third-order valence-electron chi connectivity index (χ3n) is 4.49. The first kappa shape index (κ1) is 21.5. The Morgan fingerprint density at radius 2 is 1.75 bits per heavy atom. The van der Waals surface area contributed by atoms with Crippen molar-refractivity contribution in [2.45, 2.75) is 44.6 Å². The highest BCUT2D eigenvalue weighted by molar-refractivity contribution is 14.0. The number of halogens is 1. The summed E-state index contributed by atoms with van der Waals surface area (Å²) in [6.45, 7) is 1.11. The number of hydrogen-bond acceptors (Lipinski definition) is 4. The normalized spacial score (nSPS) is 24.0. The molecule has 2 aliphatic rings. The highest BCUT2D eigenvalue weighted by atomic mass is 127. The van der Waals surface area contributed by atoms with Crippen LogP contribution in [0, 0.1) is 5.92 Å². The summed E-state index contributed by atoms with van der Waals surface area (Å²) in [5, 5.41) is 9.19. The van der Waals surface area contributed by atoms with Crippen molar-refractivity contribution in [3.8, 4) is 0 Å². The first-order valence-corrected chi connectivity index (χ1v) is 10.3. The molecule has 2 fully saturated rings. The van der Waals surface area contributed by atoms with Crippen LogP contribution in [0.3, 0.4) is 0 Å². The summed E-state index contributed by atoms with van der Waals surface area (Å²) in [4.78, 5) is 16.1. The van der Waals surface area contributed by atoms with Gasteiger partial charge in [0.15, 0.2) is 15.8 Å². The predicted octanol–water partition coefficient (Wildman–Crippen LogP) is 0.653. The van der Waals surface area contributed by atoms with Gasteiger partial charge < -0.3 is 16.0 Å². The van der Waals surface area contributed by atoms with E-state index in [2.05, 4.69) is 20.9 Å². The van der Waals surface area contributed by atoms with Crippen molar-refractivity contribution in [1.82, 2.24) is 16.0 Å². The zero-order valence-corrected chi connectivity index (χ0v) is 17.4. The van der Waals surface area contributed by atoms with Crippen LogP contribution >= 0.6 is 24.0 Å². The Labute approximate surface area is 161 Å². The Kier molecular flexibility index (Phi) is 9.32. The van der Waals surface area contributed by atoms with Crippen LogP contribution in [0.4, 0.5) is 0 Å². The summed E-state index contributed by atoms with van der Waals surface area (Å²) >= 11 is 0. The summed E-state index contributed by atoms with van der Waals surface area (Å²) < 4.78 is 22.9. The summed E-state index contributed by atoms with van der Waals surface area (Å²) in [6.07, 6.45) is 6.15. The SMILES string of the molecule is CN=C(NCCNC(=O)C1CCCCC1)NC1CCS(=O)(=O)C1.I. The lowest BCUT2D eigenvalue weighted by atomic mass is 9.89. The lowest BCUT2D eigenvalue weighted by Gasteiger charge is -2.21.